The topological polar surface area (TPSA) is 145 Å². The van der Waals surface area contributed by atoms with Gasteiger partial charge in [0.2, 0.25) is 0 Å². The van der Waals surface area contributed by atoms with Gasteiger partial charge in [-0.1, -0.05) is 60.7 Å². The predicted molar refractivity (Wildman–Crippen MR) is 156 cm³/mol. The van der Waals surface area contributed by atoms with Crippen molar-refractivity contribution in [3.8, 4) is 22.5 Å². The Balaban J connectivity index is 1.20. The van der Waals surface area contributed by atoms with Crippen LogP contribution >= 0.6 is 0 Å². The van der Waals surface area contributed by atoms with Crippen molar-refractivity contribution in [2.75, 3.05) is 17.6 Å². The highest BCUT2D eigenvalue weighted by atomic mass is 16.5. The number of carbonyl (C=O) groups excluding carboxylic acids is 2. The van der Waals surface area contributed by atoms with Gasteiger partial charge in [-0.15, -0.1) is 0 Å². The van der Waals surface area contributed by atoms with Gasteiger partial charge in [-0.25, -0.2) is 14.8 Å². The number of benzene rings is 2. The molecule has 10 nitrogen and oxygen atoms in total. The number of carbonyl (C=O) groups is 2. The highest BCUT2D eigenvalue weighted by Gasteiger charge is 2.17. The highest BCUT2D eigenvalue weighted by molar-refractivity contribution is 6.07. The van der Waals surface area contributed by atoms with Crippen molar-refractivity contribution < 1.29 is 14.3 Å². The third kappa shape index (κ3) is 7.07. The molecule has 10 heteroatoms. The summed E-state index contributed by atoms with van der Waals surface area (Å²) in [4.78, 5) is 42.3. The number of nitrogen functional groups attached to an aromatic ring is 1. The van der Waals surface area contributed by atoms with Gasteiger partial charge < -0.3 is 21.1 Å². The average Bonchev–Trinajstić information content (AvgIpc) is 3.02. The lowest BCUT2D eigenvalue weighted by Gasteiger charge is -2.11. The number of hydrogen-bond donors (Lipinski definition) is 3. The summed E-state index contributed by atoms with van der Waals surface area (Å²) in [6.45, 7) is 0.644. The number of rotatable bonds is 9. The molecule has 3 aromatic heterocycles. The minimum Gasteiger partial charge on any atom is -0.445 e. The van der Waals surface area contributed by atoms with Crippen molar-refractivity contribution in [1.29, 1.82) is 0 Å². The number of anilines is 2. The van der Waals surface area contributed by atoms with Crippen LogP contribution in [0.1, 0.15) is 21.6 Å². The van der Waals surface area contributed by atoms with Gasteiger partial charge in [0.05, 0.1) is 29.5 Å². The van der Waals surface area contributed by atoms with E-state index in [1.165, 1.54) is 6.20 Å². The third-order valence-electron chi connectivity index (χ3n) is 6.17. The zero-order valence-corrected chi connectivity index (χ0v) is 22.0. The van der Waals surface area contributed by atoms with Crippen molar-refractivity contribution >= 4 is 23.5 Å². The Morgan fingerprint density at radius 1 is 0.805 bits per heavy atom. The van der Waals surface area contributed by atoms with Gasteiger partial charge in [0.15, 0.2) is 11.5 Å². The van der Waals surface area contributed by atoms with E-state index in [-0.39, 0.29) is 18.1 Å². The number of alkyl carbamates (subject to hydrolysis) is 1. The Morgan fingerprint density at radius 3 is 2.39 bits per heavy atom. The summed E-state index contributed by atoms with van der Waals surface area (Å²) in [7, 11) is 0. The molecule has 204 valence electrons. The summed E-state index contributed by atoms with van der Waals surface area (Å²) in [5.41, 5.74) is 11.1. The molecule has 0 fully saturated rings. The van der Waals surface area contributed by atoms with Crippen LogP contribution in [0.2, 0.25) is 0 Å². The number of ether oxygens (including phenoxy) is 1. The fourth-order valence-electron chi connectivity index (χ4n) is 4.05. The molecule has 5 rings (SSSR count). The van der Waals surface area contributed by atoms with Crippen LogP contribution in [0.3, 0.4) is 0 Å². The van der Waals surface area contributed by atoms with Crippen LogP contribution in [0.5, 0.6) is 0 Å². The molecule has 0 bridgehead atoms. The Kier molecular flexibility index (Phi) is 8.50. The van der Waals surface area contributed by atoms with Crippen LogP contribution in [-0.2, 0) is 17.8 Å². The van der Waals surface area contributed by atoms with E-state index < -0.39 is 12.0 Å². The SMILES string of the molecule is Nc1ncc(-c2ccc(CCNC(=O)OCc3ccccc3)cc2)nc1C(=O)Nc1cnccc1-c1ccccn1. The minimum absolute atomic E-state index is 0.000570. The summed E-state index contributed by atoms with van der Waals surface area (Å²) in [6, 6.07) is 24.4. The molecule has 0 saturated heterocycles. The van der Waals surface area contributed by atoms with Gasteiger partial charge >= 0.3 is 6.09 Å². The van der Waals surface area contributed by atoms with Gasteiger partial charge in [-0.05, 0) is 35.7 Å². The van der Waals surface area contributed by atoms with E-state index >= 15 is 0 Å². The standard InChI is InChI=1S/C31H27N7O3/c32-29-28(30(39)38-27-18-33-16-14-24(27)25-8-4-5-15-34-25)37-26(19-36-29)23-11-9-21(10-12-23)13-17-35-31(40)41-20-22-6-2-1-3-7-22/h1-12,14-16,18-19H,13,17,20H2,(H2,32,36)(H,35,40)(H,38,39). The van der Waals surface area contributed by atoms with E-state index in [1.807, 2.05) is 72.8 Å². The van der Waals surface area contributed by atoms with E-state index in [0.29, 0.717) is 35.6 Å². The molecule has 3 heterocycles. The van der Waals surface area contributed by atoms with Gasteiger partial charge in [0.25, 0.3) is 5.91 Å². The Bertz CT molecular complexity index is 1630. The summed E-state index contributed by atoms with van der Waals surface area (Å²) in [6.07, 6.45) is 6.53. The second kappa shape index (κ2) is 12.9. The molecule has 0 atom stereocenters. The van der Waals surface area contributed by atoms with Crippen LogP contribution in [0, 0.1) is 0 Å². The lowest BCUT2D eigenvalue weighted by atomic mass is 10.1. The van der Waals surface area contributed by atoms with Crippen LogP contribution in [0.4, 0.5) is 16.3 Å². The maximum absolute atomic E-state index is 13.2. The number of nitrogens with two attached hydrogens (primary N) is 1. The normalized spacial score (nSPS) is 10.5. The van der Waals surface area contributed by atoms with Crippen molar-refractivity contribution in [3.63, 3.8) is 0 Å². The molecule has 2 aromatic carbocycles. The van der Waals surface area contributed by atoms with E-state index in [9.17, 15) is 9.59 Å². The number of pyridine rings is 2. The van der Waals surface area contributed by atoms with Crippen LogP contribution < -0.4 is 16.4 Å². The molecule has 4 N–H and O–H groups in total. The summed E-state index contributed by atoms with van der Waals surface area (Å²) >= 11 is 0. The van der Waals surface area contributed by atoms with Crippen LogP contribution in [-0.4, -0.2) is 38.5 Å². The van der Waals surface area contributed by atoms with E-state index in [4.69, 9.17) is 10.5 Å². The Hall–Kier alpha value is -5.64. The summed E-state index contributed by atoms with van der Waals surface area (Å²) < 4.78 is 5.23. The van der Waals surface area contributed by atoms with Crippen molar-refractivity contribution in [2.45, 2.75) is 13.0 Å². The smallest absolute Gasteiger partial charge is 0.407 e. The number of nitrogens with one attached hydrogen (secondary N) is 2. The van der Waals surface area contributed by atoms with Crippen molar-refractivity contribution in [2.24, 2.45) is 0 Å². The summed E-state index contributed by atoms with van der Waals surface area (Å²) in [5, 5.41) is 5.59. The van der Waals surface area contributed by atoms with Crippen LogP contribution in [0.15, 0.2) is 104 Å². The number of aromatic nitrogens is 4. The zero-order chi connectivity index (χ0) is 28.4. The Labute approximate surface area is 236 Å². The fraction of sp³-hybridized carbons (Fsp3) is 0.0968. The molecule has 0 unspecified atom stereocenters. The maximum atomic E-state index is 13.2. The quantitative estimate of drug-likeness (QED) is 0.237. The lowest BCUT2D eigenvalue weighted by molar-refractivity contribution is 0.102. The summed E-state index contributed by atoms with van der Waals surface area (Å²) in [5.74, 6) is -0.500. The van der Waals surface area contributed by atoms with Crippen molar-refractivity contribution in [3.05, 3.63) is 120 Å². The molecule has 0 radical (unpaired) electrons. The first-order valence-corrected chi connectivity index (χ1v) is 12.9. The molecule has 0 aliphatic heterocycles. The first-order valence-electron chi connectivity index (χ1n) is 12.9. The van der Waals surface area contributed by atoms with E-state index in [2.05, 4.69) is 30.6 Å². The van der Waals surface area contributed by atoms with Crippen molar-refractivity contribution in [1.82, 2.24) is 25.3 Å². The molecule has 0 spiro atoms. The van der Waals surface area contributed by atoms with Gasteiger partial charge in [-0.2, -0.15) is 0 Å². The molecule has 41 heavy (non-hydrogen) atoms. The minimum atomic E-state index is -0.510. The second-order valence-corrected chi connectivity index (χ2v) is 9.01. The van der Waals surface area contributed by atoms with E-state index in [0.717, 1.165) is 16.7 Å². The third-order valence-corrected chi connectivity index (χ3v) is 6.17. The lowest BCUT2D eigenvalue weighted by Crippen LogP contribution is -2.26. The average molecular weight is 546 g/mol. The van der Waals surface area contributed by atoms with Crippen LogP contribution in [0.25, 0.3) is 22.5 Å². The molecule has 0 aliphatic rings. The maximum Gasteiger partial charge on any atom is 0.407 e. The van der Waals surface area contributed by atoms with E-state index in [1.54, 1.807) is 24.7 Å². The van der Waals surface area contributed by atoms with Gasteiger partial charge in [-0.3, -0.25) is 14.8 Å². The molecule has 5 aromatic rings. The number of hydrogen-bond acceptors (Lipinski definition) is 8. The first-order chi connectivity index (χ1) is 20.1. The van der Waals surface area contributed by atoms with Gasteiger partial charge in [0, 0.05) is 30.1 Å². The Morgan fingerprint density at radius 2 is 1.61 bits per heavy atom. The fourth-order valence-corrected chi connectivity index (χ4v) is 4.05. The molecular formula is C31H27N7O3. The molecule has 2 amide bonds. The second-order valence-electron chi connectivity index (χ2n) is 9.01. The zero-order valence-electron chi connectivity index (χ0n) is 22.0. The van der Waals surface area contributed by atoms with Gasteiger partial charge in [0.1, 0.15) is 6.61 Å². The first kappa shape index (κ1) is 26.9. The molecular weight excluding hydrogens is 518 g/mol. The predicted octanol–water partition coefficient (Wildman–Crippen LogP) is 4.90. The molecule has 0 aliphatic carbocycles. The number of nitrogens with zero attached hydrogens (tertiary/aromatic N) is 4. The molecule has 0 saturated carbocycles. The monoisotopic (exact) mass is 545 g/mol. The number of amides is 2. The highest BCUT2D eigenvalue weighted by Crippen LogP contribution is 2.26. The largest absolute Gasteiger partial charge is 0.445 e.